The Morgan fingerprint density at radius 3 is 2.26 bits per heavy atom. The lowest BCUT2D eigenvalue weighted by atomic mass is 10.1. The van der Waals surface area contributed by atoms with Gasteiger partial charge in [0, 0.05) is 16.0 Å². The van der Waals surface area contributed by atoms with Gasteiger partial charge in [0.25, 0.3) is 0 Å². The van der Waals surface area contributed by atoms with Crippen LogP contribution in [0.5, 0.6) is 0 Å². The summed E-state index contributed by atoms with van der Waals surface area (Å²) in [7, 11) is 0. The lowest BCUT2D eigenvalue weighted by Gasteiger charge is -2.16. The van der Waals surface area contributed by atoms with Crippen LogP contribution in [-0.4, -0.2) is 6.54 Å². The molecule has 0 heterocycles. The molecule has 0 bridgehead atoms. The maximum atomic E-state index is 5.87. The Morgan fingerprint density at radius 1 is 1.05 bits per heavy atom. The molecule has 0 aromatic heterocycles. The maximum Gasteiger partial charge on any atom is 0.0951 e. The topological polar surface area (TPSA) is 35.2 Å². The predicted molar refractivity (Wildman–Crippen MR) is 82.2 cm³/mol. The number of nitrogens with two attached hydrogens (primary N) is 1. The second-order valence-corrected chi connectivity index (χ2v) is 5.57. The SMILES string of the molecule is NCC(OCc1ccc(Br)cc1)c1ccc(Cl)cc1. The molecule has 2 nitrogen and oxygen atoms in total. The van der Waals surface area contributed by atoms with Crippen molar-refractivity contribution in [3.63, 3.8) is 0 Å². The quantitative estimate of drug-likeness (QED) is 0.880. The molecule has 1 unspecified atom stereocenters. The Kier molecular flexibility index (Phi) is 5.40. The van der Waals surface area contributed by atoms with Crippen molar-refractivity contribution in [2.75, 3.05) is 6.54 Å². The molecule has 100 valence electrons. The summed E-state index contributed by atoms with van der Waals surface area (Å²) in [6.07, 6.45) is -0.110. The molecular weight excluding hydrogens is 326 g/mol. The number of ether oxygens (including phenoxy) is 1. The third-order valence-corrected chi connectivity index (χ3v) is 3.60. The summed E-state index contributed by atoms with van der Waals surface area (Å²) in [5.74, 6) is 0. The van der Waals surface area contributed by atoms with Gasteiger partial charge in [-0.3, -0.25) is 0 Å². The highest BCUT2D eigenvalue weighted by Gasteiger charge is 2.10. The van der Waals surface area contributed by atoms with Gasteiger partial charge >= 0.3 is 0 Å². The van der Waals surface area contributed by atoms with E-state index >= 15 is 0 Å². The summed E-state index contributed by atoms with van der Waals surface area (Å²) in [5.41, 5.74) is 7.93. The molecule has 0 aliphatic heterocycles. The van der Waals surface area contributed by atoms with E-state index in [2.05, 4.69) is 15.9 Å². The summed E-state index contributed by atoms with van der Waals surface area (Å²) in [6, 6.07) is 15.6. The van der Waals surface area contributed by atoms with Gasteiger partial charge in [0.05, 0.1) is 12.7 Å². The van der Waals surface area contributed by atoms with E-state index in [1.165, 1.54) is 0 Å². The first-order chi connectivity index (χ1) is 9.19. The van der Waals surface area contributed by atoms with Crippen LogP contribution in [0.25, 0.3) is 0 Å². The van der Waals surface area contributed by atoms with E-state index in [-0.39, 0.29) is 6.10 Å². The lowest BCUT2D eigenvalue weighted by Crippen LogP contribution is -2.15. The zero-order chi connectivity index (χ0) is 13.7. The van der Waals surface area contributed by atoms with Gasteiger partial charge in [-0.15, -0.1) is 0 Å². The summed E-state index contributed by atoms with van der Waals surface area (Å²) in [4.78, 5) is 0. The standard InChI is InChI=1S/C15H15BrClNO/c16-13-5-1-11(2-6-13)10-19-15(9-18)12-3-7-14(17)8-4-12/h1-8,15H,9-10,18H2. The summed E-state index contributed by atoms with van der Waals surface area (Å²) >= 11 is 9.28. The van der Waals surface area contributed by atoms with E-state index in [9.17, 15) is 0 Å². The van der Waals surface area contributed by atoms with Crippen molar-refractivity contribution in [2.24, 2.45) is 5.73 Å². The van der Waals surface area contributed by atoms with Crippen molar-refractivity contribution in [2.45, 2.75) is 12.7 Å². The van der Waals surface area contributed by atoms with Crippen LogP contribution >= 0.6 is 27.5 Å². The molecule has 0 saturated heterocycles. The van der Waals surface area contributed by atoms with Gasteiger partial charge in [-0.2, -0.15) is 0 Å². The van der Waals surface area contributed by atoms with Gasteiger partial charge in [0.2, 0.25) is 0 Å². The predicted octanol–water partition coefficient (Wildman–Crippen LogP) is 4.32. The first kappa shape index (κ1) is 14.5. The zero-order valence-electron chi connectivity index (χ0n) is 10.4. The lowest BCUT2D eigenvalue weighted by molar-refractivity contribution is 0.0456. The Morgan fingerprint density at radius 2 is 1.68 bits per heavy atom. The van der Waals surface area contributed by atoms with Crippen LogP contribution in [0, 0.1) is 0 Å². The van der Waals surface area contributed by atoms with Crippen LogP contribution < -0.4 is 5.73 Å². The highest BCUT2D eigenvalue weighted by atomic mass is 79.9. The van der Waals surface area contributed by atoms with Gasteiger partial charge in [-0.1, -0.05) is 51.8 Å². The molecule has 4 heteroatoms. The Hall–Kier alpha value is -0.870. The molecule has 1 atom stereocenters. The normalized spacial score (nSPS) is 12.4. The first-order valence-corrected chi connectivity index (χ1v) is 7.17. The second kappa shape index (κ2) is 7.06. The average Bonchev–Trinajstić information content (AvgIpc) is 2.43. The first-order valence-electron chi connectivity index (χ1n) is 6.00. The van der Waals surface area contributed by atoms with Crippen LogP contribution in [0.3, 0.4) is 0 Å². The van der Waals surface area contributed by atoms with Gasteiger partial charge in [-0.25, -0.2) is 0 Å². The fourth-order valence-corrected chi connectivity index (χ4v) is 2.15. The number of benzene rings is 2. The molecule has 2 N–H and O–H groups in total. The molecular formula is C15H15BrClNO. The Balaban J connectivity index is 1.99. The molecule has 0 aliphatic rings. The minimum Gasteiger partial charge on any atom is -0.368 e. The van der Waals surface area contributed by atoms with Gasteiger partial charge < -0.3 is 10.5 Å². The largest absolute Gasteiger partial charge is 0.368 e. The molecule has 0 radical (unpaired) electrons. The van der Waals surface area contributed by atoms with E-state index in [4.69, 9.17) is 22.1 Å². The van der Waals surface area contributed by atoms with Gasteiger partial charge in [-0.05, 0) is 35.4 Å². The van der Waals surface area contributed by atoms with Crippen LogP contribution in [-0.2, 0) is 11.3 Å². The molecule has 0 aliphatic carbocycles. The fraction of sp³-hybridized carbons (Fsp3) is 0.200. The summed E-state index contributed by atoms with van der Waals surface area (Å²) in [5, 5.41) is 0.715. The van der Waals surface area contributed by atoms with Gasteiger partial charge in [0.15, 0.2) is 0 Å². The number of hydrogen-bond acceptors (Lipinski definition) is 2. The van der Waals surface area contributed by atoms with Crippen LogP contribution in [0.15, 0.2) is 53.0 Å². The third-order valence-electron chi connectivity index (χ3n) is 2.82. The molecule has 0 amide bonds. The number of halogens is 2. The van der Waals surface area contributed by atoms with E-state index in [1.54, 1.807) is 0 Å². The highest BCUT2D eigenvalue weighted by molar-refractivity contribution is 9.10. The minimum atomic E-state index is -0.110. The summed E-state index contributed by atoms with van der Waals surface area (Å²) in [6.45, 7) is 0.982. The monoisotopic (exact) mass is 339 g/mol. The zero-order valence-corrected chi connectivity index (χ0v) is 12.7. The number of hydrogen-bond donors (Lipinski definition) is 1. The number of rotatable bonds is 5. The summed E-state index contributed by atoms with van der Waals surface area (Å²) < 4.78 is 6.92. The van der Waals surface area contributed by atoms with Crippen molar-refractivity contribution >= 4 is 27.5 Å². The molecule has 0 spiro atoms. The van der Waals surface area contributed by atoms with Crippen LogP contribution in [0.4, 0.5) is 0 Å². The minimum absolute atomic E-state index is 0.110. The highest BCUT2D eigenvalue weighted by Crippen LogP contribution is 2.21. The van der Waals surface area contributed by atoms with Crippen LogP contribution in [0.1, 0.15) is 17.2 Å². The Labute approximate surface area is 126 Å². The van der Waals surface area contributed by atoms with Crippen molar-refractivity contribution in [1.82, 2.24) is 0 Å². The van der Waals surface area contributed by atoms with Crippen molar-refractivity contribution in [3.8, 4) is 0 Å². The molecule has 2 aromatic carbocycles. The molecule has 0 fully saturated rings. The van der Waals surface area contributed by atoms with Crippen molar-refractivity contribution in [3.05, 3.63) is 69.2 Å². The molecule has 19 heavy (non-hydrogen) atoms. The smallest absolute Gasteiger partial charge is 0.0951 e. The molecule has 0 saturated carbocycles. The van der Waals surface area contributed by atoms with E-state index in [0.29, 0.717) is 18.2 Å². The Bertz CT molecular complexity index is 513. The maximum absolute atomic E-state index is 5.87. The van der Waals surface area contributed by atoms with Crippen LogP contribution in [0.2, 0.25) is 5.02 Å². The van der Waals surface area contributed by atoms with Crippen molar-refractivity contribution in [1.29, 1.82) is 0 Å². The van der Waals surface area contributed by atoms with Gasteiger partial charge in [0.1, 0.15) is 0 Å². The fourth-order valence-electron chi connectivity index (χ4n) is 1.76. The van der Waals surface area contributed by atoms with Crippen molar-refractivity contribution < 1.29 is 4.74 Å². The average molecular weight is 341 g/mol. The van der Waals surface area contributed by atoms with E-state index < -0.39 is 0 Å². The molecule has 2 aromatic rings. The van der Waals surface area contributed by atoms with E-state index in [0.717, 1.165) is 15.6 Å². The molecule has 2 rings (SSSR count). The second-order valence-electron chi connectivity index (χ2n) is 4.21. The third kappa shape index (κ3) is 4.32. The van der Waals surface area contributed by atoms with E-state index in [1.807, 2.05) is 48.5 Å².